The van der Waals surface area contributed by atoms with E-state index < -0.39 is 0 Å². The number of ketones is 1. The highest BCUT2D eigenvalue weighted by molar-refractivity contribution is 6.09. The highest BCUT2D eigenvalue weighted by Gasteiger charge is 2.16. The molecule has 0 fully saturated rings. The summed E-state index contributed by atoms with van der Waals surface area (Å²) in [5, 5.41) is 0. The minimum absolute atomic E-state index is 0.00326. The molecule has 0 saturated heterocycles. The van der Waals surface area contributed by atoms with E-state index in [0.717, 1.165) is 16.9 Å². The third-order valence-corrected chi connectivity index (χ3v) is 4.18. The van der Waals surface area contributed by atoms with Crippen molar-refractivity contribution in [2.75, 3.05) is 14.2 Å². The third-order valence-electron chi connectivity index (χ3n) is 4.18. The van der Waals surface area contributed by atoms with E-state index in [0.29, 0.717) is 22.8 Å². The fraction of sp³-hybridized carbons (Fsp3) is 0.464. The number of rotatable bonds is 9. The van der Waals surface area contributed by atoms with Gasteiger partial charge in [0.15, 0.2) is 5.78 Å². The van der Waals surface area contributed by atoms with Gasteiger partial charge in [-0.3, -0.25) is 4.79 Å². The van der Waals surface area contributed by atoms with Crippen LogP contribution < -0.4 is 18.9 Å². The van der Waals surface area contributed by atoms with Crippen LogP contribution in [0.25, 0.3) is 6.08 Å². The van der Waals surface area contributed by atoms with E-state index in [1.54, 1.807) is 32.4 Å². The summed E-state index contributed by atoms with van der Waals surface area (Å²) in [4.78, 5) is 12.8. The van der Waals surface area contributed by atoms with Crippen molar-refractivity contribution in [3.63, 3.8) is 0 Å². The molecule has 0 aromatic heterocycles. The van der Waals surface area contributed by atoms with E-state index in [2.05, 4.69) is 0 Å². The number of benzene rings is 2. The minimum atomic E-state index is -0.161. The van der Waals surface area contributed by atoms with Crippen molar-refractivity contribution in [3.8, 4) is 23.0 Å². The maximum absolute atomic E-state index is 12.8. The van der Waals surface area contributed by atoms with Gasteiger partial charge in [0.2, 0.25) is 0 Å². The Morgan fingerprint density at radius 2 is 1.42 bits per heavy atom. The second kappa shape index (κ2) is 15.8. The van der Waals surface area contributed by atoms with Crippen LogP contribution in [0.2, 0.25) is 0 Å². The van der Waals surface area contributed by atoms with E-state index in [9.17, 15) is 4.79 Å². The Kier molecular flexibility index (Phi) is 14.4. The van der Waals surface area contributed by atoms with Gasteiger partial charge >= 0.3 is 0 Å². The van der Waals surface area contributed by atoms with E-state index in [-0.39, 0.29) is 18.0 Å². The number of hydrogen-bond donors (Lipinski definition) is 0. The van der Waals surface area contributed by atoms with Crippen LogP contribution in [0.5, 0.6) is 23.0 Å². The Labute approximate surface area is 200 Å². The molecular formula is C28H42O5. The van der Waals surface area contributed by atoms with E-state index in [1.165, 1.54) is 6.08 Å². The molecule has 0 N–H and O–H groups in total. The second-order valence-electron chi connectivity index (χ2n) is 7.20. The monoisotopic (exact) mass is 458 g/mol. The van der Waals surface area contributed by atoms with Gasteiger partial charge in [0.25, 0.3) is 0 Å². The lowest BCUT2D eigenvalue weighted by atomic mass is 10.0. The molecule has 0 heterocycles. The van der Waals surface area contributed by atoms with Gasteiger partial charge in [0, 0.05) is 17.2 Å². The minimum Gasteiger partial charge on any atom is -0.496 e. The Hall–Kier alpha value is -2.95. The zero-order valence-electron chi connectivity index (χ0n) is 22.2. The van der Waals surface area contributed by atoms with Crippen molar-refractivity contribution in [2.24, 2.45) is 0 Å². The summed E-state index contributed by atoms with van der Waals surface area (Å²) in [6, 6.07) is 9.08. The summed E-state index contributed by atoms with van der Waals surface area (Å²) >= 11 is 0. The molecule has 5 heteroatoms. The molecule has 0 spiro atoms. The summed E-state index contributed by atoms with van der Waals surface area (Å²) < 4.78 is 22.4. The van der Waals surface area contributed by atoms with Crippen LogP contribution in [0.4, 0.5) is 0 Å². The Balaban J connectivity index is 0.00000242. The van der Waals surface area contributed by atoms with Gasteiger partial charge in [-0.2, -0.15) is 0 Å². The van der Waals surface area contributed by atoms with Gasteiger partial charge in [0.1, 0.15) is 23.0 Å². The molecule has 0 atom stereocenters. The number of ether oxygens (including phenoxy) is 4. The van der Waals surface area contributed by atoms with Crippen molar-refractivity contribution >= 4 is 11.9 Å². The predicted octanol–water partition coefficient (Wildman–Crippen LogP) is 7.54. The molecule has 2 aromatic rings. The second-order valence-corrected chi connectivity index (χ2v) is 7.20. The van der Waals surface area contributed by atoms with Crippen LogP contribution in [0.1, 0.15) is 76.9 Å². The van der Waals surface area contributed by atoms with E-state index in [1.807, 2.05) is 80.5 Å². The average Bonchev–Trinajstić information content (AvgIpc) is 2.80. The number of carbonyl (C=O) groups is 1. The SMILES string of the molecule is CC.CC.COc1ccc(C(=O)/C=C/c2ccc(OC(C)C)cc2OC(C)C)c(OC)c1C. The first-order valence-electron chi connectivity index (χ1n) is 11.7. The summed E-state index contributed by atoms with van der Waals surface area (Å²) in [5.41, 5.74) is 2.06. The van der Waals surface area contributed by atoms with Crippen LogP contribution in [-0.2, 0) is 0 Å². The molecule has 2 aromatic carbocycles. The molecule has 0 bridgehead atoms. The lowest BCUT2D eigenvalue weighted by Gasteiger charge is -2.16. The fourth-order valence-electron chi connectivity index (χ4n) is 2.96. The number of allylic oxidation sites excluding steroid dienone is 1. The summed E-state index contributed by atoms with van der Waals surface area (Å²) in [6.07, 6.45) is 3.33. The summed E-state index contributed by atoms with van der Waals surface area (Å²) in [7, 11) is 3.14. The first-order valence-corrected chi connectivity index (χ1v) is 11.7. The van der Waals surface area contributed by atoms with Crippen LogP contribution in [0, 0.1) is 6.92 Å². The zero-order valence-corrected chi connectivity index (χ0v) is 22.2. The van der Waals surface area contributed by atoms with Gasteiger partial charge in [0.05, 0.1) is 32.0 Å². The fourth-order valence-corrected chi connectivity index (χ4v) is 2.96. The predicted molar refractivity (Wildman–Crippen MR) is 138 cm³/mol. The zero-order chi connectivity index (χ0) is 25.6. The molecule has 184 valence electrons. The van der Waals surface area contributed by atoms with Crippen molar-refractivity contribution < 1.29 is 23.7 Å². The quantitative estimate of drug-likeness (QED) is 0.287. The molecule has 5 nitrogen and oxygen atoms in total. The molecule has 0 aliphatic heterocycles. The van der Waals surface area contributed by atoms with Gasteiger partial charge in [-0.05, 0) is 71.0 Å². The lowest BCUT2D eigenvalue weighted by Crippen LogP contribution is -2.09. The largest absolute Gasteiger partial charge is 0.496 e. The molecule has 0 amide bonds. The van der Waals surface area contributed by atoms with Crippen LogP contribution in [0.15, 0.2) is 36.4 Å². The smallest absolute Gasteiger partial charge is 0.189 e. The van der Waals surface area contributed by atoms with Crippen LogP contribution in [0.3, 0.4) is 0 Å². The molecule has 0 aliphatic carbocycles. The Morgan fingerprint density at radius 3 is 1.94 bits per heavy atom. The van der Waals surface area contributed by atoms with E-state index in [4.69, 9.17) is 18.9 Å². The Morgan fingerprint density at radius 1 is 0.818 bits per heavy atom. The average molecular weight is 459 g/mol. The number of hydrogen-bond acceptors (Lipinski definition) is 5. The normalized spacial score (nSPS) is 10.2. The molecule has 0 saturated carbocycles. The van der Waals surface area contributed by atoms with Crippen LogP contribution >= 0.6 is 0 Å². The molecular weight excluding hydrogens is 416 g/mol. The highest BCUT2D eigenvalue weighted by Crippen LogP contribution is 2.32. The first kappa shape index (κ1) is 30.0. The van der Waals surface area contributed by atoms with Crippen molar-refractivity contribution in [2.45, 2.75) is 74.5 Å². The summed E-state index contributed by atoms with van der Waals surface area (Å²) in [5.74, 6) is 2.42. The van der Waals surface area contributed by atoms with Crippen molar-refractivity contribution in [1.82, 2.24) is 0 Å². The molecule has 0 radical (unpaired) electrons. The molecule has 0 aliphatic rings. The maximum atomic E-state index is 12.8. The van der Waals surface area contributed by atoms with Crippen molar-refractivity contribution in [3.05, 3.63) is 53.1 Å². The van der Waals surface area contributed by atoms with Gasteiger partial charge in [-0.25, -0.2) is 0 Å². The van der Waals surface area contributed by atoms with Gasteiger partial charge in [-0.1, -0.05) is 27.7 Å². The number of carbonyl (C=O) groups excluding carboxylic acids is 1. The topological polar surface area (TPSA) is 54.0 Å². The van der Waals surface area contributed by atoms with E-state index >= 15 is 0 Å². The van der Waals surface area contributed by atoms with Crippen LogP contribution in [-0.4, -0.2) is 32.2 Å². The van der Waals surface area contributed by atoms with Gasteiger partial charge in [-0.15, -0.1) is 0 Å². The third kappa shape index (κ3) is 9.21. The summed E-state index contributed by atoms with van der Waals surface area (Å²) in [6.45, 7) is 17.7. The standard InChI is InChI=1S/C24H30O5.2C2H6/c1-15(2)28-19-10-8-18(23(14-19)29-16(3)4)9-12-21(25)20-11-13-22(26-6)17(5)24(20)27-7;2*1-2/h8-16H,1-7H3;2*1-2H3/b12-9+;;. The lowest BCUT2D eigenvalue weighted by molar-refractivity contribution is 0.104. The number of methoxy groups -OCH3 is 2. The molecule has 0 unspecified atom stereocenters. The highest BCUT2D eigenvalue weighted by atomic mass is 16.5. The Bertz CT molecular complexity index is 882. The first-order chi connectivity index (χ1) is 15.8. The van der Waals surface area contributed by atoms with Crippen molar-refractivity contribution in [1.29, 1.82) is 0 Å². The molecule has 33 heavy (non-hydrogen) atoms. The van der Waals surface area contributed by atoms with Gasteiger partial charge < -0.3 is 18.9 Å². The maximum Gasteiger partial charge on any atom is 0.189 e. The molecule has 2 rings (SSSR count).